The van der Waals surface area contributed by atoms with Crippen molar-refractivity contribution in [2.75, 3.05) is 11.4 Å². The molecule has 0 aliphatic heterocycles. The zero-order valence-electron chi connectivity index (χ0n) is 12.9. The molecule has 0 atom stereocenters. The van der Waals surface area contributed by atoms with Gasteiger partial charge in [0.1, 0.15) is 0 Å². The molecular weight excluding hydrogens is 260 g/mol. The average molecular weight is 284 g/mol. The molecule has 2 aromatic rings. The number of fused-ring (bicyclic) bond motifs is 1. The number of rotatable bonds is 3. The third-order valence-electron chi connectivity index (χ3n) is 4.65. The fraction of sp³-hybridized carbons (Fsp3) is 0.529. The molecule has 0 unspecified atom stereocenters. The Bertz CT molecular complexity index is 617. The number of hydrogen-bond acceptors (Lipinski definition) is 4. The van der Waals surface area contributed by atoms with Crippen LogP contribution in [0.25, 0.3) is 10.8 Å². The zero-order chi connectivity index (χ0) is 14.8. The van der Waals surface area contributed by atoms with Crippen LogP contribution in [-0.2, 0) is 0 Å². The molecule has 0 amide bonds. The number of hydrogen-bond donors (Lipinski definition) is 1. The van der Waals surface area contributed by atoms with Crippen LogP contribution in [0.2, 0.25) is 0 Å². The first-order chi connectivity index (χ1) is 10.2. The predicted molar refractivity (Wildman–Crippen MR) is 87.5 cm³/mol. The van der Waals surface area contributed by atoms with E-state index in [1.807, 2.05) is 6.92 Å². The van der Waals surface area contributed by atoms with Gasteiger partial charge in [-0.25, -0.2) is 0 Å². The van der Waals surface area contributed by atoms with Crippen LogP contribution in [0.15, 0.2) is 24.3 Å². The quantitative estimate of drug-likeness (QED) is 0.941. The third-order valence-corrected chi connectivity index (χ3v) is 4.65. The Morgan fingerprint density at radius 3 is 2.43 bits per heavy atom. The number of benzene rings is 1. The topological polar surface area (TPSA) is 55.0 Å². The van der Waals surface area contributed by atoms with Gasteiger partial charge in [-0.3, -0.25) is 0 Å². The van der Waals surface area contributed by atoms with E-state index in [-0.39, 0.29) is 0 Å². The normalized spacial score (nSPS) is 22.4. The summed E-state index contributed by atoms with van der Waals surface area (Å²) in [6.07, 6.45) is 4.52. The molecule has 1 aromatic heterocycles. The van der Waals surface area contributed by atoms with Gasteiger partial charge in [0.2, 0.25) is 0 Å². The maximum atomic E-state index is 6.04. The Labute approximate surface area is 126 Å². The van der Waals surface area contributed by atoms with Crippen LogP contribution in [0.5, 0.6) is 0 Å². The van der Waals surface area contributed by atoms with E-state index in [1.165, 1.54) is 10.8 Å². The fourth-order valence-electron chi connectivity index (χ4n) is 3.43. The van der Waals surface area contributed by atoms with Crippen molar-refractivity contribution in [2.45, 2.75) is 51.6 Å². The first kappa shape index (κ1) is 14.3. The van der Waals surface area contributed by atoms with Gasteiger partial charge < -0.3 is 10.6 Å². The maximum Gasteiger partial charge on any atom is 0.159 e. The first-order valence-corrected chi connectivity index (χ1v) is 7.95. The van der Waals surface area contributed by atoms with Gasteiger partial charge in [0.25, 0.3) is 0 Å². The Kier molecular flexibility index (Phi) is 4.06. The van der Waals surface area contributed by atoms with E-state index in [9.17, 15) is 0 Å². The summed E-state index contributed by atoms with van der Waals surface area (Å²) in [4.78, 5) is 2.42. The standard InChI is InChI=1S/C17H24N4/c1-3-21(14-10-8-13(18)9-11-14)17-16-7-5-4-6-15(16)12(2)19-20-17/h4-7,13-14H,3,8-11,18H2,1-2H3. The highest BCUT2D eigenvalue weighted by atomic mass is 15.3. The Balaban J connectivity index is 1.99. The van der Waals surface area contributed by atoms with Crippen molar-refractivity contribution in [2.24, 2.45) is 5.73 Å². The number of aromatic nitrogens is 2. The molecule has 0 spiro atoms. The smallest absolute Gasteiger partial charge is 0.159 e. The second-order valence-electron chi connectivity index (χ2n) is 6.01. The zero-order valence-corrected chi connectivity index (χ0v) is 12.9. The lowest BCUT2D eigenvalue weighted by Gasteiger charge is -2.36. The monoisotopic (exact) mass is 284 g/mol. The second-order valence-corrected chi connectivity index (χ2v) is 6.01. The molecule has 1 fully saturated rings. The highest BCUT2D eigenvalue weighted by molar-refractivity contribution is 5.93. The highest BCUT2D eigenvalue weighted by Crippen LogP contribution is 2.30. The highest BCUT2D eigenvalue weighted by Gasteiger charge is 2.25. The molecule has 3 rings (SSSR count). The van der Waals surface area contributed by atoms with Crippen molar-refractivity contribution in [3.8, 4) is 0 Å². The van der Waals surface area contributed by atoms with E-state index in [0.717, 1.165) is 43.7 Å². The van der Waals surface area contributed by atoms with Gasteiger partial charge in [0.15, 0.2) is 5.82 Å². The lowest BCUT2D eigenvalue weighted by molar-refractivity contribution is 0.377. The predicted octanol–water partition coefficient (Wildman–Crippen LogP) is 3.03. The van der Waals surface area contributed by atoms with Crippen LogP contribution in [0.3, 0.4) is 0 Å². The van der Waals surface area contributed by atoms with Crippen LogP contribution in [0, 0.1) is 6.92 Å². The molecule has 1 heterocycles. The summed E-state index contributed by atoms with van der Waals surface area (Å²) in [6.45, 7) is 5.18. The summed E-state index contributed by atoms with van der Waals surface area (Å²) in [7, 11) is 0. The summed E-state index contributed by atoms with van der Waals surface area (Å²) in [5.41, 5.74) is 7.04. The van der Waals surface area contributed by atoms with Crippen molar-refractivity contribution >= 4 is 16.6 Å². The third kappa shape index (κ3) is 2.72. The van der Waals surface area contributed by atoms with E-state index in [0.29, 0.717) is 12.1 Å². The van der Waals surface area contributed by atoms with Crippen LogP contribution in [0.4, 0.5) is 5.82 Å². The van der Waals surface area contributed by atoms with Gasteiger partial charge in [0, 0.05) is 29.4 Å². The van der Waals surface area contributed by atoms with Crippen molar-refractivity contribution < 1.29 is 0 Å². The SMILES string of the molecule is CCN(c1nnc(C)c2ccccc12)C1CCC(N)CC1. The summed E-state index contributed by atoms with van der Waals surface area (Å²) < 4.78 is 0. The Hall–Kier alpha value is -1.68. The Morgan fingerprint density at radius 2 is 1.76 bits per heavy atom. The van der Waals surface area contributed by atoms with E-state index < -0.39 is 0 Å². The summed E-state index contributed by atoms with van der Waals surface area (Å²) in [5.74, 6) is 1.03. The largest absolute Gasteiger partial charge is 0.352 e. The van der Waals surface area contributed by atoms with Crippen LogP contribution < -0.4 is 10.6 Å². The van der Waals surface area contributed by atoms with Crippen LogP contribution in [0.1, 0.15) is 38.3 Å². The maximum absolute atomic E-state index is 6.04. The second kappa shape index (κ2) is 5.98. The first-order valence-electron chi connectivity index (χ1n) is 7.95. The average Bonchev–Trinajstić information content (AvgIpc) is 2.52. The number of aryl methyl sites for hydroxylation is 1. The molecule has 4 nitrogen and oxygen atoms in total. The van der Waals surface area contributed by atoms with E-state index in [1.54, 1.807) is 0 Å². The number of nitrogens with zero attached hydrogens (tertiary/aromatic N) is 3. The molecule has 112 valence electrons. The minimum atomic E-state index is 0.376. The van der Waals surface area contributed by atoms with Crippen molar-refractivity contribution in [1.29, 1.82) is 0 Å². The fourth-order valence-corrected chi connectivity index (χ4v) is 3.43. The van der Waals surface area contributed by atoms with Crippen molar-refractivity contribution in [3.05, 3.63) is 30.0 Å². The molecule has 0 saturated heterocycles. The van der Waals surface area contributed by atoms with E-state index in [2.05, 4.69) is 46.3 Å². The van der Waals surface area contributed by atoms with Crippen molar-refractivity contribution in [3.63, 3.8) is 0 Å². The summed E-state index contributed by atoms with van der Waals surface area (Å²) in [5, 5.41) is 11.3. The van der Waals surface area contributed by atoms with E-state index >= 15 is 0 Å². The summed E-state index contributed by atoms with van der Waals surface area (Å²) >= 11 is 0. The molecule has 0 radical (unpaired) electrons. The Morgan fingerprint density at radius 1 is 1.10 bits per heavy atom. The lowest BCUT2D eigenvalue weighted by Crippen LogP contribution is -2.41. The molecule has 4 heteroatoms. The van der Waals surface area contributed by atoms with Gasteiger partial charge in [-0.2, -0.15) is 5.10 Å². The van der Waals surface area contributed by atoms with Gasteiger partial charge >= 0.3 is 0 Å². The summed E-state index contributed by atoms with van der Waals surface area (Å²) in [6, 6.07) is 9.35. The lowest BCUT2D eigenvalue weighted by atomic mass is 9.90. The molecule has 1 saturated carbocycles. The van der Waals surface area contributed by atoms with Crippen LogP contribution >= 0.6 is 0 Å². The molecule has 0 bridgehead atoms. The van der Waals surface area contributed by atoms with Crippen LogP contribution in [-0.4, -0.2) is 28.8 Å². The molecule has 1 aliphatic carbocycles. The van der Waals surface area contributed by atoms with Gasteiger partial charge in [0.05, 0.1) is 5.69 Å². The number of anilines is 1. The minimum Gasteiger partial charge on any atom is -0.352 e. The molecule has 1 aliphatic rings. The van der Waals surface area contributed by atoms with Crippen molar-refractivity contribution in [1.82, 2.24) is 10.2 Å². The van der Waals surface area contributed by atoms with Gasteiger partial charge in [-0.15, -0.1) is 5.10 Å². The molecule has 2 N–H and O–H groups in total. The minimum absolute atomic E-state index is 0.376. The molecular formula is C17H24N4. The molecule has 21 heavy (non-hydrogen) atoms. The number of nitrogens with two attached hydrogens (primary N) is 1. The van der Waals surface area contributed by atoms with E-state index in [4.69, 9.17) is 5.73 Å². The van der Waals surface area contributed by atoms with Gasteiger partial charge in [-0.05, 0) is 39.5 Å². The van der Waals surface area contributed by atoms with Gasteiger partial charge in [-0.1, -0.05) is 24.3 Å². The molecule has 1 aromatic carbocycles.